The number of nitrogens with two attached hydrogens (primary N) is 1. The Bertz CT molecular complexity index is 481. The molecule has 0 amide bonds. The van der Waals surface area contributed by atoms with Crippen molar-refractivity contribution in [1.82, 2.24) is 9.29 Å². The van der Waals surface area contributed by atoms with Crippen molar-refractivity contribution in [2.75, 3.05) is 19.6 Å². The van der Waals surface area contributed by atoms with Crippen molar-refractivity contribution < 1.29 is 8.42 Å². The van der Waals surface area contributed by atoms with Gasteiger partial charge in [0.25, 0.3) is 0 Å². The molecule has 1 unspecified atom stereocenters. The van der Waals surface area contributed by atoms with Gasteiger partial charge in [-0.1, -0.05) is 6.07 Å². The summed E-state index contributed by atoms with van der Waals surface area (Å²) in [5.74, 6) is 0.266. The minimum Gasteiger partial charge on any atom is -0.330 e. The highest BCUT2D eigenvalue weighted by Crippen LogP contribution is 2.20. The highest BCUT2D eigenvalue weighted by atomic mass is 35.5. The fraction of sp³-hybridized carbons (Fsp3) is 0.583. The zero-order valence-electron chi connectivity index (χ0n) is 10.7. The minimum absolute atomic E-state index is 0. The van der Waals surface area contributed by atoms with E-state index in [2.05, 4.69) is 4.98 Å². The predicted octanol–water partition coefficient (Wildman–Crippen LogP) is 1.00. The van der Waals surface area contributed by atoms with Crippen LogP contribution in [0, 0.1) is 5.92 Å². The Labute approximate surface area is 120 Å². The summed E-state index contributed by atoms with van der Waals surface area (Å²) in [6, 6.07) is 5.32. The van der Waals surface area contributed by atoms with Crippen molar-refractivity contribution in [3.8, 4) is 0 Å². The van der Waals surface area contributed by atoms with E-state index in [1.807, 2.05) is 0 Å². The number of hydrogen-bond acceptors (Lipinski definition) is 4. The van der Waals surface area contributed by atoms with Crippen LogP contribution < -0.4 is 5.73 Å². The van der Waals surface area contributed by atoms with Crippen LogP contribution in [0.3, 0.4) is 0 Å². The van der Waals surface area contributed by atoms with Crippen LogP contribution in [0.25, 0.3) is 0 Å². The lowest BCUT2D eigenvalue weighted by Gasteiger charge is -2.31. The normalized spacial score (nSPS) is 20.8. The van der Waals surface area contributed by atoms with Gasteiger partial charge in [0.2, 0.25) is 10.0 Å². The second-order valence-corrected chi connectivity index (χ2v) is 6.65. The third kappa shape index (κ3) is 4.42. The maximum atomic E-state index is 12.3. The van der Waals surface area contributed by atoms with Gasteiger partial charge in [0.1, 0.15) is 5.75 Å². The van der Waals surface area contributed by atoms with E-state index in [1.165, 1.54) is 0 Å². The first kappa shape index (κ1) is 16.4. The first-order chi connectivity index (χ1) is 8.62. The van der Waals surface area contributed by atoms with Gasteiger partial charge in [0.15, 0.2) is 0 Å². The number of pyridine rings is 1. The van der Waals surface area contributed by atoms with Crippen LogP contribution in [0.4, 0.5) is 0 Å². The molecule has 5 nitrogen and oxygen atoms in total. The lowest BCUT2D eigenvalue weighted by molar-refractivity contribution is 0.271. The average molecular weight is 306 g/mol. The summed E-state index contributed by atoms with van der Waals surface area (Å²) in [6.07, 6.45) is 3.53. The fourth-order valence-electron chi connectivity index (χ4n) is 2.23. The molecule has 0 bridgehead atoms. The van der Waals surface area contributed by atoms with Crippen LogP contribution in [0.1, 0.15) is 18.5 Å². The summed E-state index contributed by atoms with van der Waals surface area (Å²) in [7, 11) is -3.26. The SMILES string of the molecule is Cl.NCC1CCCN(S(=O)(=O)Cc2ccccn2)C1. The van der Waals surface area contributed by atoms with Gasteiger partial charge in [0.05, 0.1) is 5.69 Å². The topological polar surface area (TPSA) is 76.3 Å². The second-order valence-electron chi connectivity index (χ2n) is 4.68. The van der Waals surface area contributed by atoms with E-state index in [-0.39, 0.29) is 24.1 Å². The summed E-state index contributed by atoms with van der Waals surface area (Å²) in [5.41, 5.74) is 6.22. The van der Waals surface area contributed by atoms with E-state index in [0.29, 0.717) is 25.3 Å². The van der Waals surface area contributed by atoms with Crippen molar-refractivity contribution in [2.24, 2.45) is 11.7 Å². The van der Waals surface area contributed by atoms with E-state index in [0.717, 1.165) is 12.8 Å². The summed E-state index contributed by atoms with van der Waals surface area (Å²) in [6.45, 7) is 1.70. The molecule has 0 radical (unpaired) electrons. The van der Waals surface area contributed by atoms with E-state index in [9.17, 15) is 8.42 Å². The number of aromatic nitrogens is 1. The quantitative estimate of drug-likeness (QED) is 0.900. The smallest absolute Gasteiger partial charge is 0.219 e. The highest BCUT2D eigenvalue weighted by molar-refractivity contribution is 7.88. The zero-order valence-corrected chi connectivity index (χ0v) is 12.4. The molecule has 0 saturated carbocycles. The van der Waals surface area contributed by atoms with E-state index in [1.54, 1.807) is 28.7 Å². The zero-order chi connectivity index (χ0) is 13.0. The molecule has 1 fully saturated rings. The number of hydrogen-bond donors (Lipinski definition) is 1. The van der Waals surface area contributed by atoms with Crippen LogP contribution in [-0.2, 0) is 15.8 Å². The monoisotopic (exact) mass is 305 g/mol. The molecule has 0 spiro atoms. The standard InChI is InChI=1S/C12H19N3O2S.ClH/c13-8-11-4-3-7-15(9-11)18(16,17)10-12-5-1-2-6-14-12;/h1-2,5-6,11H,3-4,7-10,13H2;1H. The Morgan fingerprint density at radius 1 is 1.42 bits per heavy atom. The lowest BCUT2D eigenvalue weighted by Crippen LogP contribution is -2.42. The van der Waals surface area contributed by atoms with Gasteiger partial charge in [-0.15, -0.1) is 12.4 Å². The lowest BCUT2D eigenvalue weighted by atomic mass is 10.0. The largest absolute Gasteiger partial charge is 0.330 e. The molecule has 7 heteroatoms. The molecule has 1 aromatic rings. The van der Waals surface area contributed by atoms with Gasteiger partial charge in [-0.25, -0.2) is 12.7 Å². The van der Waals surface area contributed by atoms with Gasteiger partial charge < -0.3 is 5.73 Å². The molecule has 2 rings (SSSR count). The van der Waals surface area contributed by atoms with Crippen LogP contribution in [0.5, 0.6) is 0 Å². The number of nitrogens with zero attached hydrogens (tertiary/aromatic N) is 2. The Balaban J connectivity index is 0.00000180. The molecule has 1 aliphatic heterocycles. The molecule has 108 valence electrons. The fourth-order valence-corrected chi connectivity index (χ4v) is 3.81. The highest BCUT2D eigenvalue weighted by Gasteiger charge is 2.28. The predicted molar refractivity (Wildman–Crippen MR) is 77.5 cm³/mol. The Kier molecular flexibility index (Phi) is 6.19. The molecular weight excluding hydrogens is 286 g/mol. The Hall–Kier alpha value is -0.690. The van der Waals surface area contributed by atoms with Crippen molar-refractivity contribution in [3.05, 3.63) is 30.1 Å². The number of halogens is 1. The van der Waals surface area contributed by atoms with E-state index < -0.39 is 10.0 Å². The van der Waals surface area contributed by atoms with Crippen LogP contribution >= 0.6 is 12.4 Å². The molecule has 2 heterocycles. The summed E-state index contributed by atoms with van der Waals surface area (Å²) in [5, 5.41) is 0. The molecule has 1 atom stereocenters. The molecule has 0 aliphatic carbocycles. The molecule has 0 aromatic carbocycles. The van der Waals surface area contributed by atoms with E-state index in [4.69, 9.17) is 5.73 Å². The van der Waals surface area contributed by atoms with Crippen molar-refractivity contribution in [1.29, 1.82) is 0 Å². The van der Waals surface area contributed by atoms with Gasteiger partial charge >= 0.3 is 0 Å². The molecule has 19 heavy (non-hydrogen) atoms. The second kappa shape index (κ2) is 7.19. The first-order valence-corrected chi connectivity index (χ1v) is 7.80. The van der Waals surface area contributed by atoms with Crippen LogP contribution in [-0.4, -0.2) is 37.3 Å². The third-order valence-corrected chi connectivity index (χ3v) is 5.04. The first-order valence-electron chi connectivity index (χ1n) is 6.19. The molecular formula is C12H20ClN3O2S. The van der Waals surface area contributed by atoms with Gasteiger partial charge in [-0.2, -0.15) is 0 Å². The molecule has 1 saturated heterocycles. The minimum atomic E-state index is -3.26. The number of piperidine rings is 1. The Morgan fingerprint density at radius 2 is 2.21 bits per heavy atom. The maximum absolute atomic E-state index is 12.3. The summed E-state index contributed by atoms with van der Waals surface area (Å²) in [4.78, 5) is 4.07. The maximum Gasteiger partial charge on any atom is 0.219 e. The number of sulfonamides is 1. The summed E-state index contributed by atoms with van der Waals surface area (Å²) >= 11 is 0. The van der Waals surface area contributed by atoms with Crippen LogP contribution in [0.2, 0.25) is 0 Å². The van der Waals surface area contributed by atoms with Crippen molar-refractivity contribution in [2.45, 2.75) is 18.6 Å². The van der Waals surface area contributed by atoms with Gasteiger partial charge in [0, 0.05) is 19.3 Å². The van der Waals surface area contributed by atoms with Crippen molar-refractivity contribution >= 4 is 22.4 Å². The molecule has 1 aliphatic rings. The van der Waals surface area contributed by atoms with Crippen molar-refractivity contribution in [3.63, 3.8) is 0 Å². The van der Waals surface area contributed by atoms with Gasteiger partial charge in [-0.3, -0.25) is 4.98 Å². The van der Waals surface area contributed by atoms with E-state index >= 15 is 0 Å². The van der Waals surface area contributed by atoms with Gasteiger partial charge in [-0.05, 0) is 37.4 Å². The summed E-state index contributed by atoms with van der Waals surface area (Å²) < 4.78 is 26.1. The average Bonchev–Trinajstić information content (AvgIpc) is 2.39. The third-order valence-electron chi connectivity index (χ3n) is 3.26. The number of rotatable bonds is 4. The molecule has 2 N–H and O–H groups in total. The molecule has 1 aromatic heterocycles. The van der Waals surface area contributed by atoms with Crippen LogP contribution in [0.15, 0.2) is 24.4 Å². The Morgan fingerprint density at radius 3 is 2.84 bits per heavy atom.